The van der Waals surface area contributed by atoms with E-state index >= 15 is 0 Å². The smallest absolute Gasteiger partial charge is 0.318 e. The lowest BCUT2D eigenvalue weighted by atomic mass is 9.81. The number of amides is 2. The maximum Gasteiger partial charge on any atom is 0.318 e. The number of hydrogen-bond donors (Lipinski definition) is 2. The minimum atomic E-state index is -0.853. The first kappa shape index (κ1) is 20.4. The van der Waals surface area contributed by atoms with Crippen LogP contribution in [0.2, 0.25) is 0 Å². The zero-order valence-electron chi connectivity index (χ0n) is 15.9. The molecule has 1 aliphatic rings. The maximum absolute atomic E-state index is 13.2. The van der Waals surface area contributed by atoms with Crippen LogP contribution in [0.25, 0.3) is 0 Å². The molecule has 0 radical (unpaired) electrons. The highest BCUT2D eigenvalue weighted by Crippen LogP contribution is 2.35. The van der Waals surface area contributed by atoms with Crippen LogP contribution in [-0.4, -0.2) is 28.6 Å². The van der Waals surface area contributed by atoms with Crippen molar-refractivity contribution in [3.63, 3.8) is 0 Å². The summed E-state index contributed by atoms with van der Waals surface area (Å²) in [5, 5.41) is 12.4. The first-order chi connectivity index (χ1) is 13.4. The van der Waals surface area contributed by atoms with Crippen molar-refractivity contribution < 1.29 is 14.7 Å². The van der Waals surface area contributed by atoms with Crippen LogP contribution in [0.1, 0.15) is 49.8 Å². The van der Waals surface area contributed by atoms with Crippen LogP contribution in [0, 0.1) is 0 Å². The number of carbonyl (C=O) groups is 2. The Kier molecular flexibility index (Phi) is 6.39. The molecule has 3 rings (SSSR count). The maximum atomic E-state index is 13.2. The van der Waals surface area contributed by atoms with E-state index in [1.54, 1.807) is 0 Å². The first-order valence-corrected chi connectivity index (χ1v) is 10.3. The molecule has 0 spiro atoms. The number of aliphatic carboxylic acids is 1. The van der Waals surface area contributed by atoms with Gasteiger partial charge < -0.3 is 15.3 Å². The van der Waals surface area contributed by atoms with Gasteiger partial charge in [0.05, 0.1) is 11.6 Å². The van der Waals surface area contributed by atoms with Gasteiger partial charge in [-0.25, -0.2) is 4.79 Å². The number of carboxylic acids is 1. The third kappa shape index (κ3) is 4.55. The predicted octanol–water partition coefficient (Wildman–Crippen LogP) is 5.08. The number of halogens is 1. The first-order valence-electron chi connectivity index (χ1n) is 9.53. The molecule has 0 bridgehead atoms. The summed E-state index contributed by atoms with van der Waals surface area (Å²) < 4.78 is 1.00. The number of nitrogens with zero attached hydrogens (tertiary/aromatic N) is 1. The van der Waals surface area contributed by atoms with Crippen molar-refractivity contribution in [3.8, 4) is 0 Å². The molecule has 28 heavy (non-hydrogen) atoms. The highest BCUT2D eigenvalue weighted by molar-refractivity contribution is 9.10. The summed E-state index contributed by atoms with van der Waals surface area (Å²) in [5.74, 6) is -0.853. The third-order valence-electron chi connectivity index (χ3n) is 5.52. The van der Waals surface area contributed by atoms with Gasteiger partial charge in [0.25, 0.3) is 0 Å². The van der Waals surface area contributed by atoms with Gasteiger partial charge in [0, 0.05) is 17.4 Å². The molecule has 1 aliphatic heterocycles. The molecule has 1 fully saturated rings. The molecule has 0 aliphatic carbocycles. The molecule has 2 aromatic rings. The molecule has 2 aromatic carbocycles. The molecule has 2 N–H and O–H groups in total. The summed E-state index contributed by atoms with van der Waals surface area (Å²) in [6.45, 7) is 2.65. The van der Waals surface area contributed by atoms with Crippen LogP contribution in [0.15, 0.2) is 59.1 Å². The van der Waals surface area contributed by atoms with Gasteiger partial charge >= 0.3 is 12.0 Å². The Labute approximate surface area is 173 Å². The topological polar surface area (TPSA) is 69.6 Å². The average molecular weight is 445 g/mol. The minimum absolute atomic E-state index is 0.0113. The fourth-order valence-corrected chi connectivity index (χ4v) is 4.17. The zero-order chi connectivity index (χ0) is 20.1. The van der Waals surface area contributed by atoms with E-state index in [1.165, 1.54) is 0 Å². The Balaban J connectivity index is 1.87. The molecule has 2 atom stereocenters. The zero-order valence-corrected chi connectivity index (χ0v) is 17.5. The van der Waals surface area contributed by atoms with Crippen molar-refractivity contribution >= 4 is 27.9 Å². The lowest BCUT2D eigenvalue weighted by molar-refractivity contribution is -0.137. The molecule has 1 unspecified atom stereocenters. The van der Waals surface area contributed by atoms with Crippen molar-refractivity contribution in [3.05, 3.63) is 70.2 Å². The van der Waals surface area contributed by atoms with Gasteiger partial charge in [-0.1, -0.05) is 58.4 Å². The summed E-state index contributed by atoms with van der Waals surface area (Å²) in [5.41, 5.74) is 1.36. The predicted molar refractivity (Wildman–Crippen MR) is 112 cm³/mol. The van der Waals surface area contributed by atoms with Gasteiger partial charge in [0.2, 0.25) is 0 Å². The second kappa shape index (κ2) is 8.78. The molecule has 1 heterocycles. The van der Waals surface area contributed by atoms with E-state index in [2.05, 4.69) is 21.2 Å². The number of carbonyl (C=O) groups excluding carboxylic acids is 1. The molecule has 1 saturated heterocycles. The highest BCUT2D eigenvalue weighted by atomic mass is 79.9. The van der Waals surface area contributed by atoms with E-state index in [9.17, 15) is 14.7 Å². The lowest BCUT2D eigenvalue weighted by Gasteiger charge is -2.35. The Hall–Kier alpha value is -2.34. The van der Waals surface area contributed by atoms with Gasteiger partial charge in [0.1, 0.15) is 0 Å². The fourth-order valence-electron chi connectivity index (χ4n) is 3.91. The Morgan fingerprint density at radius 2 is 1.89 bits per heavy atom. The molecular weight excluding hydrogens is 420 g/mol. The van der Waals surface area contributed by atoms with Crippen LogP contribution in [0.3, 0.4) is 0 Å². The molecule has 6 heteroatoms. The Bertz CT molecular complexity index is 825. The highest BCUT2D eigenvalue weighted by Gasteiger charge is 2.38. The van der Waals surface area contributed by atoms with Gasteiger partial charge in [-0.15, -0.1) is 0 Å². The largest absolute Gasteiger partial charge is 0.481 e. The number of benzene rings is 2. The fraction of sp³-hybridized carbons (Fsp3) is 0.364. The van der Waals surface area contributed by atoms with E-state index in [0.717, 1.165) is 22.0 Å². The van der Waals surface area contributed by atoms with E-state index in [0.29, 0.717) is 19.4 Å². The summed E-state index contributed by atoms with van der Waals surface area (Å²) >= 11 is 3.44. The number of rotatable bonds is 6. The monoisotopic (exact) mass is 444 g/mol. The van der Waals surface area contributed by atoms with E-state index in [-0.39, 0.29) is 18.5 Å². The molecule has 5 nitrogen and oxygen atoms in total. The molecule has 148 valence electrons. The van der Waals surface area contributed by atoms with Crippen molar-refractivity contribution in [1.82, 2.24) is 10.2 Å². The number of carboxylic acid groups (broad SMARTS) is 1. The van der Waals surface area contributed by atoms with E-state index in [4.69, 9.17) is 0 Å². The van der Waals surface area contributed by atoms with Crippen molar-refractivity contribution in [2.75, 3.05) is 6.54 Å². The number of urea groups is 1. The van der Waals surface area contributed by atoms with Gasteiger partial charge in [-0.2, -0.15) is 0 Å². The van der Waals surface area contributed by atoms with Gasteiger partial charge in [-0.3, -0.25) is 4.79 Å². The third-order valence-corrected chi connectivity index (χ3v) is 6.05. The second-order valence-corrected chi connectivity index (χ2v) is 8.21. The Morgan fingerprint density at radius 3 is 2.54 bits per heavy atom. The standard InChI is InChI=1S/C22H25BrN2O3/c1-16(17-8-10-19(23)11-9-17)25-15-5-13-22(24-21(25)28,14-12-20(26)27)18-6-3-2-4-7-18/h2-4,6-11,16H,5,12-15H2,1H3,(H,24,28)(H,26,27)/t16-,22?/m0/s1. The van der Waals surface area contributed by atoms with Crippen LogP contribution < -0.4 is 5.32 Å². The van der Waals surface area contributed by atoms with E-state index in [1.807, 2.05) is 66.4 Å². The summed E-state index contributed by atoms with van der Waals surface area (Å²) in [6, 6.07) is 17.5. The molecule has 0 saturated carbocycles. The van der Waals surface area contributed by atoms with Crippen LogP contribution in [0.4, 0.5) is 4.79 Å². The molecule has 0 aromatic heterocycles. The van der Waals surface area contributed by atoms with Crippen molar-refractivity contribution in [1.29, 1.82) is 0 Å². The van der Waals surface area contributed by atoms with Crippen LogP contribution in [-0.2, 0) is 10.3 Å². The summed E-state index contributed by atoms with van der Waals surface area (Å²) in [7, 11) is 0. The molecule has 2 amide bonds. The van der Waals surface area contributed by atoms with Gasteiger partial charge in [-0.05, 0) is 49.4 Å². The number of hydrogen-bond acceptors (Lipinski definition) is 2. The quantitative estimate of drug-likeness (QED) is 0.652. The van der Waals surface area contributed by atoms with Crippen molar-refractivity contribution in [2.45, 2.75) is 44.2 Å². The van der Waals surface area contributed by atoms with Crippen LogP contribution >= 0.6 is 15.9 Å². The second-order valence-electron chi connectivity index (χ2n) is 7.30. The minimum Gasteiger partial charge on any atom is -0.481 e. The Morgan fingerprint density at radius 1 is 1.21 bits per heavy atom. The summed E-state index contributed by atoms with van der Waals surface area (Å²) in [6.07, 6.45) is 1.89. The van der Waals surface area contributed by atoms with Crippen LogP contribution in [0.5, 0.6) is 0 Å². The molecular formula is C22H25BrN2O3. The van der Waals surface area contributed by atoms with E-state index < -0.39 is 11.5 Å². The normalized spacial score (nSPS) is 20.9. The SMILES string of the molecule is C[C@@H](c1ccc(Br)cc1)N1CCCC(CCC(=O)O)(c2ccccc2)NC1=O. The average Bonchev–Trinajstić information content (AvgIpc) is 2.86. The number of nitrogens with one attached hydrogen (secondary N) is 1. The lowest BCUT2D eigenvalue weighted by Crippen LogP contribution is -2.49. The van der Waals surface area contributed by atoms with Gasteiger partial charge in [0.15, 0.2) is 0 Å². The summed E-state index contributed by atoms with van der Waals surface area (Å²) in [4.78, 5) is 26.3. The van der Waals surface area contributed by atoms with Crippen molar-refractivity contribution in [2.24, 2.45) is 0 Å².